The summed E-state index contributed by atoms with van der Waals surface area (Å²) in [5.74, 6) is 0.303. The molecule has 0 radical (unpaired) electrons. The summed E-state index contributed by atoms with van der Waals surface area (Å²) in [6.07, 6.45) is -0.0277. The highest BCUT2D eigenvalue weighted by molar-refractivity contribution is 7.99. The molecule has 21 heavy (non-hydrogen) atoms. The summed E-state index contributed by atoms with van der Waals surface area (Å²) in [5.41, 5.74) is 0. The van der Waals surface area contributed by atoms with Crippen molar-refractivity contribution >= 4 is 17.7 Å². The van der Waals surface area contributed by atoms with Crippen molar-refractivity contribution in [1.82, 2.24) is 4.90 Å². The van der Waals surface area contributed by atoms with Gasteiger partial charge in [0.2, 0.25) is 5.91 Å². The summed E-state index contributed by atoms with van der Waals surface area (Å²) < 4.78 is 19.0. The van der Waals surface area contributed by atoms with Crippen LogP contribution in [0.1, 0.15) is 13.3 Å². The lowest BCUT2D eigenvalue weighted by molar-refractivity contribution is -0.146. The van der Waals surface area contributed by atoms with Crippen molar-refractivity contribution in [2.45, 2.75) is 30.4 Å². The molecule has 1 saturated heterocycles. The molecule has 1 fully saturated rings. The van der Waals surface area contributed by atoms with Gasteiger partial charge in [-0.25, -0.2) is 4.39 Å². The van der Waals surface area contributed by atoms with E-state index < -0.39 is 0 Å². The number of aliphatic hydroxyl groups excluding tert-OH is 1. The fourth-order valence-corrected chi connectivity index (χ4v) is 3.20. The molecule has 6 heteroatoms. The van der Waals surface area contributed by atoms with Gasteiger partial charge in [-0.2, -0.15) is 0 Å². The van der Waals surface area contributed by atoms with E-state index in [0.717, 1.165) is 0 Å². The van der Waals surface area contributed by atoms with Crippen LogP contribution in [0, 0.1) is 5.82 Å². The van der Waals surface area contributed by atoms with Crippen molar-refractivity contribution in [3.63, 3.8) is 0 Å². The molecule has 1 aromatic carbocycles. The van der Waals surface area contributed by atoms with Crippen LogP contribution in [0.3, 0.4) is 0 Å². The van der Waals surface area contributed by atoms with E-state index in [4.69, 9.17) is 9.84 Å². The van der Waals surface area contributed by atoms with Crippen molar-refractivity contribution < 1.29 is 19.0 Å². The van der Waals surface area contributed by atoms with E-state index in [0.29, 0.717) is 30.2 Å². The first kappa shape index (κ1) is 16.3. The van der Waals surface area contributed by atoms with Crippen LogP contribution in [0.25, 0.3) is 0 Å². The predicted molar refractivity (Wildman–Crippen MR) is 79.7 cm³/mol. The summed E-state index contributed by atoms with van der Waals surface area (Å²) in [6, 6.07) is 6.56. The smallest absolute Gasteiger partial charge is 0.223 e. The molecule has 1 aromatic rings. The van der Waals surface area contributed by atoms with E-state index >= 15 is 0 Å². The fourth-order valence-electron chi connectivity index (χ4n) is 2.32. The average Bonchev–Trinajstić information content (AvgIpc) is 2.48. The Balaban J connectivity index is 1.80. The van der Waals surface area contributed by atoms with Gasteiger partial charge in [-0.15, -0.1) is 11.8 Å². The molecular weight excluding hydrogens is 293 g/mol. The summed E-state index contributed by atoms with van der Waals surface area (Å²) >= 11 is 1.34. The van der Waals surface area contributed by atoms with Gasteiger partial charge in [-0.05, 0) is 19.1 Å². The fraction of sp³-hybridized carbons (Fsp3) is 0.533. The van der Waals surface area contributed by atoms with Crippen LogP contribution in [0.15, 0.2) is 29.2 Å². The number of thioether (sulfide) groups is 1. The van der Waals surface area contributed by atoms with E-state index in [1.165, 1.54) is 17.8 Å². The van der Waals surface area contributed by atoms with Gasteiger partial charge in [0, 0.05) is 30.2 Å². The van der Waals surface area contributed by atoms with Crippen molar-refractivity contribution in [1.29, 1.82) is 0 Å². The quantitative estimate of drug-likeness (QED) is 0.844. The third kappa shape index (κ3) is 4.69. The molecule has 0 bridgehead atoms. The van der Waals surface area contributed by atoms with Gasteiger partial charge < -0.3 is 14.7 Å². The number of ether oxygens (including phenoxy) is 1. The molecule has 2 atom stereocenters. The Hall–Kier alpha value is -1.11. The van der Waals surface area contributed by atoms with Crippen molar-refractivity contribution in [3.8, 4) is 0 Å². The second-order valence-electron chi connectivity index (χ2n) is 5.08. The van der Waals surface area contributed by atoms with Crippen LogP contribution in [0.4, 0.5) is 4.39 Å². The minimum Gasteiger partial charge on any atom is -0.394 e. The summed E-state index contributed by atoms with van der Waals surface area (Å²) in [5, 5.41) is 9.15. The Morgan fingerprint density at radius 2 is 2.24 bits per heavy atom. The number of carbonyl (C=O) groups excluding carboxylic acids is 1. The Bertz CT molecular complexity index is 486. The zero-order valence-corrected chi connectivity index (χ0v) is 12.8. The number of hydrogen-bond donors (Lipinski definition) is 1. The second-order valence-corrected chi connectivity index (χ2v) is 6.22. The number of amides is 1. The average molecular weight is 313 g/mol. The lowest BCUT2D eigenvalue weighted by Gasteiger charge is -2.36. The van der Waals surface area contributed by atoms with Crippen LogP contribution in [-0.2, 0) is 9.53 Å². The van der Waals surface area contributed by atoms with Gasteiger partial charge in [0.15, 0.2) is 0 Å². The van der Waals surface area contributed by atoms with Crippen molar-refractivity contribution in [3.05, 3.63) is 30.1 Å². The molecule has 0 saturated carbocycles. The lowest BCUT2D eigenvalue weighted by Crippen LogP contribution is -2.50. The third-order valence-corrected chi connectivity index (χ3v) is 4.34. The number of halogens is 1. The number of hydrogen-bond acceptors (Lipinski definition) is 4. The Morgan fingerprint density at radius 1 is 1.48 bits per heavy atom. The van der Waals surface area contributed by atoms with Crippen LogP contribution in [-0.4, -0.2) is 53.6 Å². The number of rotatable bonds is 5. The zero-order chi connectivity index (χ0) is 15.2. The Morgan fingerprint density at radius 3 is 2.95 bits per heavy atom. The highest BCUT2D eigenvalue weighted by Crippen LogP contribution is 2.22. The summed E-state index contributed by atoms with van der Waals surface area (Å²) in [7, 11) is 0. The first-order valence-electron chi connectivity index (χ1n) is 7.01. The molecular formula is C15H20FNO3S. The van der Waals surface area contributed by atoms with Crippen LogP contribution in [0.5, 0.6) is 0 Å². The minimum absolute atomic E-state index is 0.0208. The van der Waals surface area contributed by atoms with Gasteiger partial charge >= 0.3 is 0 Å². The van der Waals surface area contributed by atoms with Gasteiger partial charge in [0.1, 0.15) is 5.82 Å². The minimum atomic E-state index is -0.308. The topological polar surface area (TPSA) is 49.8 Å². The van der Waals surface area contributed by atoms with Crippen LogP contribution >= 0.6 is 11.8 Å². The molecule has 2 unspecified atom stereocenters. The zero-order valence-electron chi connectivity index (χ0n) is 12.0. The summed E-state index contributed by atoms with van der Waals surface area (Å²) in [4.78, 5) is 14.4. The molecule has 2 rings (SSSR count). The molecule has 0 aliphatic carbocycles. The van der Waals surface area contributed by atoms with E-state index in [2.05, 4.69) is 0 Å². The maximum Gasteiger partial charge on any atom is 0.223 e. The molecule has 1 N–H and O–H groups in total. The van der Waals surface area contributed by atoms with Crippen molar-refractivity contribution in [2.24, 2.45) is 0 Å². The highest BCUT2D eigenvalue weighted by atomic mass is 32.2. The van der Waals surface area contributed by atoms with E-state index in [9.17, 15) is 9.18 Å². The Labute approximate surface area is 128 Å². The number of morpholine rings is 1. The molecule has 4 nitrogen and oxygen atoms in total. The second kappa shape index (κ2) is 7.77. The van der Waals surface area contributed by atoms with Crippen LogP contribution in [0.2, 0.25) is 0 Å². The van der Waals surface area contributed by atoms with Gasteiger partial charge in [-0.3, -0.25) is 4.79 Å². The lowest BCUT2D eigenvalue weighted by atomic mass is 10.2. The maximum absolute atomic E-state index is 13.5. The molecule has 1 aliphatic rings. The van der Waals surface area contributed by atoms with Gasteiger partial charge in [0.05, 0.1) is 18.8 Å². The largest absolute Gasteiger partial charge is 0.394 e. The molecule has 1 aliphatic heterocycles. The van der Waals surface area contributed by atoms with E-state index in [1.807, 2.05) is 6.92 Å². The van der Waals surface area contributed by atoms with Crippen LogP contribution < -0.4 is 0 Å². The molecule has 0 aromatic heterocycles. The molecule has 1 heterocycles. The maximum atomic E-state index is 13.5. The number of nitrogens with zero attached hydrogens (tertiary/aromatic N) is 1. The SMILES string of the molecule is CC1CN(C(=O)CCSc2ccccc2F)CC(CO)O1. The molecule has 0 spiro atoms. The van der Waals surface area contributed by atoms with Gasteiger partial charge in [-0.1, -0.05) is 12.1 Å². The molecule has 1 amide bonds. The third-order valence-electron chi connectivity index (χ3n) is 3.29. The highest BCUT2D eigenvalue weighted by Gasteiger charge is 2.27. The standard InChI is InChI=1S/C15H20FNO3S/c1-11-8-17(9-12(10-18)20-11)15(19)6-7-21-14-5-3-2-4-13(14)16/h2-5,11-12,18H,6-10H2,1H3. The van der Waals surface area contributed by atoms with Gasteiger partial charge in [0.25, 0.3) is 0 Å². The normalized spacial score (nSPS) is 22.3. The Kier molecular flexibility index (Phi) is 6.02. The predicted octanol–water partition coefficient (Wildman–Crippen LogP) is 1.92. The number of aliphatic hydroxyl groups is 1. The van der Waals surface area contributed by atoms with E-state index in [1.54, 1.807) is 23.1 Å². The number of carbonyl (C=O) groups is 1. The van der Waals surface area contributed by atoms with E-state index in [-0.39, 0.29) is 30.5 Å². The van der Waals surface area contributed by atoms with Crippen molar-refractivity contribution in [2.75, 3.05) is 25.4 Å². The first-order chi connectivity index (χ1) is 10.1. The monoisotopic (exact) mass is 313 g/mol. The number of benzene rings is 1. The first-order valence-corrected chi connectivity index (χ1v) is 8.00. The summed E-state index contributed by atoms with van der Waals surface area (Å²) in [6.45, 7) is 2.76. The molecule has 116 valence electrons.